The van der Waals surface area contributed by atoms with Gasteiger partial charge in [-0.15, -0.1) is 0 Å². The van der Waals surface area contributed by atoms with E-state index in [0.717, 1.165) is 18.4 Å². The van der Waals surface area contributed by atoms with E-state index in [9.17, 15) is 14.1 Å². The van der Waals surface area contributed by atoms with Crippen molar-refractivity contribution in [3.63, 3.8) is 0 Å². The van der Waals surface area contributed by atoms with Gasteiger partial charge in [-0.25, -0.2) is 0 Å². The molecular formula is C26H32N2O3S. The van der Waals surface area contributed by atoms with Crippen LogP contribution in [-0.4, -0.2) is 39.6 Å². The van der Waals surface area contributed by atoms with E-state index in [0.29, 0.717) is 11.3 Å². The summed E-state index contributed by atoms with van der Waals surface area (Å²) in [5.74, 6) is 0.198. The molecule has 5 nitrogen and oxygen atoms in total. The molecule has 2 unspecified atom stereocenters. The predicted molar refractivity (Wildman–Crippen MR) is 127 cm³/mol. The number of rotatable bonds is 6. The molecule has 0 aromatic heterocycles. The molecular weight excluding hydrogens is 420 g/mol. The van der Waals surface area contributed by atoms with Crippen molar-refractivity contribution >= 4 is 23.0 Å². The van der Waals surface area contributed by atoms with Gasteiger partial charge in [0, 0.05) is 5.56 Å². The number of carbonyl (C=O) groups is 2. The smallest absolute Gasteiger partial charge is 0.246 e. The molecule has 2 amide bonds. The Kier molecular flexibility index (Phi) is 6.63. The van der Waals surface area contributed by atoms with Gasteiger partial charge < -0.3 is 14.8 Å². The van der Waals surface area contributed by atoms with E-state index in [1.807, 2.05) is 43.3 Å². The zero-order valence-corrected chi connectivity index (χ0v) is 20.0. The Labute approximate surface area is 193 Å². The summed E-state index contributed by atoms with van der Waals surface area (Å²) in [6, 6.07) is 14.4. The van der Waals surface area contributed by atoms with Crippen LogP contribution in [0, 0.1) is 11.8 Å². The summed E-state index contributed by atoms with van der Waals surface area (Å²) >= 11 is -1.18. The molecule has 2 aromatic rings. The van der Waals surface area contributed by atoms with Gasteiger partial charge in [0.1, 0.15) is 18.3 Å². The van der Waals surface area contributed by atoms with Crippen molar-refractivity contribution in [3.8, 4) is 0 Å². The normalized spacial score (nSPS) is 23.2. The summed E-state index contributed by atoms with van der Waals surface area (Å²) in [7, 11) is 0. The third-order valence-corrected chi connectivity index (χ3v) is 7.79. The first-order valence-electron chi connectivity index (χ1n) is 11.4. The number of piperazine rings is 1. The summed E-state index contributed by atoms with van der Waals surface area (Å²) < 4.78 is 12.4. The Morgan fingerprint density at radius 1 is 1.03 bits per heavy atom. The fourth-order valence-corrected chi connectivity index (χ4v) is 6.11. The highest BCUT2D eigenvalue weighted by Gasteiger charge is 2.47. The summed E-state index contributed by atoms with van der Waals surface area (Å²) in [5.41, 5.74) is 3.36. The van der Waals surface area contributed by atoms with Gasteiger partial charge in [0.05, 0.1) is 6.04 Å². The number of carbonyl (C=O) groups excluding carboxylic acids is 2. The van der Waals surface area contributed by atoms with E-state index in [-0.39, 0.29) is 29.7 Å². The van der Waals surface area contributed by atoms with Crippen LogP contribution in [0.15, 0.2) is 53.4 Å². The standard InChI is InChI=1S/C26H32N2O3S/c1-16(2)13-22-25(29)27-24(20-14-18-9-5-6-10-19(18)15-20)26(30)28(22)17(3)21-11-7-8-12-23(21)32(4)31/h5-12,16-17,20,22,24H,13-15H2,1-4H3,(H,27,29)/t17?,22-,24-,32?/m1/s1. The lowest BCUT2D eigenvalue weighted by Gasteiger charge is -2.44. The van der Waals surface area contributed by atoms with Crippen LogP contribution in [-0.2, 0) is 33.6 Å². The molecule has 1 fully saturated rings. The lowest BCUT2D eigenvalue weighted by Crippen LogP contribution is -2.65. The molecule has 4 rings (SSSR count). The zero-order chi connectivity index (χ0) is 23.0. The van der Waals surface area contributed by atoms with Gasteiger partial charge in [0.15, 0.2) is 4.90 Å². The van der Waals surface area contributed by atoms with Gasteiger partial charge in [-0.05, 0) is 66.4 Å². The number of amides is 2. The highest BCUT2D eigenvalue weighted by molar-refractivity contribution is 7.90. The first-order valence-corrected chi connectivity index (χ1v) is 13.0. The maximum atomic E-state index is 13.9. The molecule has 1 saturated heterocycles. The second-order valence-electron chi connectivity index (χ2n) is 9.48. The number of nitrogens with zero attached hydrogens (tertiary/aromatic N) is 1. The molecule has 2 aromatic carbocycles. The van der Waals surface area contributed by atoms with Crippen molar-refractivity contribution in [1.82, 2.24) is 10.2 Å². The van der Waals surface area contributed by atoms with E-state index in [1.54, 1.807) is 11.2 Å². The molecule has 0 saturated carbocycles. The quantitative estimate of drug-likeness (QED) is 0.680. The van der Waals surface area contributed by atoms with Crippen molar-refractivity contribution in [2.45, 2.75) is 63.1 Å². The van der Waals surface area contributed by atoms with Gasteiger partial charge in [-0.1, -0.05) is 56.3 Å². The van der Waals surface area contributed by atoms with Crippen LogP contribution in [0.2, 0.25) is 0 Å². The highest BCUT2D eigenvalue weighted by Crippen LogP contribution is 2.36. The fourth-order valence-electron chi connectivity index (χ4n) is 5.26. The molecule has 32 heavy (non-hydrogen) atoms. The van der Waals surface area contributed by atoms with Crippen LogP contribution in [0.1, 0.15) is 49.9 Å². The first-order chi connectivity index (χ1) is 15.3. The number of benzene rings is 2. The van der Waals surface area contributed by atoms with Crippen molar-refractivity contribution in [2.24, 2.45) is 11.8 Å². The predicted octanol–water partition coefficient (Wildman–Crippen LogP) is 3.64. The SMILES string of the molecule is CC(C)C[C@@H]1C(=O)N[C@H](C2Cc3ccccc3C2)C(=O)N1C(C)c1ccccc1[S+](C)[O-]. The van der Waals surface area contributed by atoms with Crippen LogP contribution in [0.3, 0.4) is 0 Å². The van der Waals surface area contributed by atoms with Crippen molar-refractivity contribution in [1.29, 1.82) is 0 Å². The minimum Gasteiger partial charge on any atom is -0.612 e. The molecule has 0 bridgehead atoms. The van der Waals surface area contributed by atoms with Gasteiger partial charge in [-0.3, -0.25) is 9.59 Å². The Morgan fingerprint density at radius 3 is 2.22 bits per heavy atom. The molecule has 1 aliphatic heterocycles. The Hall–Kier alpha value is -2.31. The minimum absolute atomic E-state index is 0.0303. The average Bonchev–Trinajstić information content (AvgIpc) is 3.19. The van der Waals surface area contributed by atoms with Crippen molar-refractivity contribution < 1.29 is 14.1 Å². The minimum atomic E-state index is -1.18. The molecule has 6 heteroatoms. The van der Waals surface area contributed by atoms with Crippen LogP contribution >= 0.6 is 0 Å². The topological polar surface area (TPSA) is 72.5 Å². The zero-order valence-electron chi connectivity index (χ0n) is 19.2. The first kappa shape index (κ1) is 22.9. The summed E-state index contributed by atoms with van der Waals surface area (Å²) in [4.78, 5) is 29.7. The van der Waals surface area contributed by atoms with Crippen LogP contribution < -0.4 is 5.32 Å². The van der Waals surface area contributed by atoms with E-state index in [2.05, 4.69) is 31.3 Å². The summed E-state index contributed by atoms with van der Waals surface area (Å²) in [5, 5.41) is 3.08. The Balaban J connectivity index is 1.68. The molecule has 0 radical (unpaired) electrons. The maximum absolute atomic E-state index is 13.9. The number of fused-ring (bicyclic) bond motifs is 1. The Morgan fingerprint density at radius 2 is 1.62 bits per heavy atom. The van der Waals surface area contributed by atoms with E-state index in [1.165, 1.54) is 11.1 Å². The average molecular weight is 453 g/mol. The van der Waals surface area contributed by atoms with Gasteiger partial charge >= 0.3 is 0 Å². The van der Waals surface area contributed by atoms with Crippen LogP contribution in [0.4, 0.5) is 0 Å². The number of hydrogen-bond acceptors (Lipinski definition) is 3. The van der Waals surface area contributed by atoms with E-state index in [4.69, 9.17) is 0 Å². The fraction of sp³-hybridized carbons (Fsp3) is 0.462. The molecule has 2 aliphatic rings. The Bertz CT molecular complexity index is 981. The summed E-state index contributed by atoms with van der Waals surface area (Å²) in [6.07, 6.45) is 3.83. The molecule has 1 aliphatic carbocycles. The largest absolute Gasteiger partial charge is 0.612 e. The second-order valence-corrected chi connectivity index (χ2v) is 10.8. The van der Waals surface area contributed by atoms with Gasteiger partial charge in [0.2, 0.25) is 11.8 Å². The molecule has 1 heterocycles. The summed E-state index contributed by atoms with van der Waals surface area (Å²) in [6.45, 7) is 6.08. The van der Waals surface area contributed by atoms with Crippen LogP contribution in [0.5, 0.6) is 0 Å². The van der Waals surface area contributed by atoms with Gasteiger partial charge in [-0.2, -0.15) is 0 Å². The number of hydrogen-bond donors (Lipinski definition) is 1. The third kappa shape index (κ3) is 4.30. The molecule has 170 valence electrons. The second kappa shape index (κ2) is 9.28. The number of nitrogens with one attached hydrogen (secondary N) is 1. The van der Waals surface area contributed by atoms with Crippen molar-refractivity contribution in [3.05, 3.63) is 65.2 Å². The van der Waals surface area contributed by atoms with Crippen LogP contribution in [0.25, 0.3) is 0 Å². The lowest BCUT2D eigenvalue weighted by molar-refractivity contribution is -0.154. The molecule has 0 spiro atoms. The monoisotopic (exact) mass is 452 g/mol. The third-order valence-electron chi connectivity index (χ3n) is 6.80. The lowest BCUT2D eigenvalue weighted by atomic mass is 9.88. The van der Waals surface area contributed by atoms with Crippen molar-refractivity contribution in [2.75, 3.05) is 6.26 Å². The van der Waals surface area contributed by atoms with Gasteiger partial charge in [0.25, 0.3) is 0 Å². The van der Waals surface area contributed by atoms with E-state index < -0.39 is 23.3 Å². The van der Waals surface area contributed by atoms with E-state index >= 15 is 0 Å². The maximum Gasteiger partial charge on any atom is 0.246 e. The molecule has 4 atom stereocenters. The highest BCUT2D eigenvalue weighted by atomic mass is 32.2. The molecule has 1 N–H and O–H groups in total.